The molecule has 4 rings (SSSR count). The highest BCUT2D eigenvalue weighted by atomic mass is 15.3. The number of rotatable bonds is 5. The standard InChI is InChI=1S/C19H20N4/c1-14-10-18(14)21-12-16-13-23(17-7-3-2-4-8-17)22-19(16)15-6-5-9-20-11-15/h2-9,11,13-14,18,21H,10,12H2,1H3. The van der Waals surface area contributed by atoms with Gasteiger partial charge in [-0.25, -0.2) is 4.68 Å². The van der Waals surface area contributed by atoms with Gasteiger partial charge in [0.2, 0.25) is 0 Å². The van der Waals surface area contributed by atoms with Crippen LogP contribution in [0.25, 0.3) is 16.9 Å². The predicted molar refractivity (Wildman–Crippen MR) is 91.2 cm³/mol. The number of aromatic nitrogens is 3. The van der Waals surface area contributed by atoms with E-state index in [1.165, 1.54) is 12.0 Å². The smallest absolute Gasteiger partial charge is 0.0988 e. The number of pyridine rings is 1. The highest BCUT2D eigenvalue weighted by Crippen LogP contribution is 2.30. The third kappa shape index (κ3) is 3.03. The maximum atomic E-state index is 4.80. The highest BCUT2D eigenvalue weighted by molar-refractivity contribution is 5.62. The Morgan fingerprint density at radius 3 is 2.70 bits per heavy atom. The number of benzene rings is 1. The van der Waals surface area contributed by atoms with Gasteiger partial charge < -0.3 is 5.32 Å². The van der Waals surface area contributed by atoms with E-state index in [4.69, 9.17) is 5.10 Å². The Morgan fingerprint density at radius 1 is 1.17 bits per heavy atom. The Bertz CT molecular complexity index is 780. The second kappa shape index (κ2) is 5.97. The molecule has 0 saturated heterocycles. The summed E-state index contributed by atoms with van der Waals surface area (Å²) in [5.41, 5.74) is 4.34. The molecule has 0 amide bonds. The van der Waals surface area contributed by atoms with E-state index in [9.17, 15) is 0 Å². The third-order valence-corrected chi connectivity index (χ3v) is 4.41. The molecule has 4 nitrogen and oxygen atoms in total. The molecule has 1 N–H and O–H groups in total. The molecule has 116 valence electrons. The van der Waals surface area contributed by atoms with E-state index < -0.39 is 0 Å². The average Bonchev–Trinajstić information content (AvgIpc) is 3.15. The Hall–Kier alpha value is -2.46. The van der Waals surface area contributed by atoms with Crippen LogP contribution in [-0.2, 0) is 6.54 Å². The second-order valence-corrected chi connectivity index (χ2v) is 6.23. The summed E-state index contributed by atoms with van der Waals surface area (Å²) in [5.74, 6) is 0.793. The van der Waals surface area contributed by atoms with Gasteiger partial charge >= 0.3 is 0 Å². The van der Waals surface area contributed by atoms with Gasteiger partial charge in [-0.05, 0) is 36.6 Å². The van der Waals surface area contributed by atoms with Gasteiger partial charge in [0.15, 0.2) is 0 Å². The monoisotopic (exact) mass is 304 g/mol. The first-order chi connectivity index (χ1) is 11.3. The van der Waals surface area contributed by atoms with Crippen molar-refractivity contribution in [1.29, 1.82) is 0 Å². The number of nitrogens with one attached hydrogen (secondary N) is 1. The van der Waals surface area contributed by atoms with Crippen molar-refractivity contribution < 1.29 is 0 Å². The van der Waals surface area contributed by atoms with Gasteiger partial charge in [0.05, 0.1) is 11.4 Å². The van der Waals surface area contributed by atoms with Crippen molar-refractivity contribution in [2.75, 3.05) is 0 Å². The van der Waals surface area contributed by atoms with Crippen molar-refractivity contribution in [2.24, 2.45) is 5.92 Å². The molecule has 2 unspecified atom stereocenters. The molecule has 2 aromatic heterocycles. The molecule has 2 heterocycles. The molecule has 0 radical (unpaired) electrons. The fraction of sp³-hybridized carbons (Fsp3) is 0.263. The van der Waals surface area contributed by atoms with Crippen LogP contribution >= 0.6 is 0 Å². The van der Waals surface area contributed by atoms with E-state index in [2.05, 4.69) is 41.6 Å². The molecule has 4 heteroatoms. The molecular formula is C19H20N4. The van der Waals surface area contributed by atoms with Crippen molar-refractivity contribution >= 4 is 0 Å². The number of hydrogen-bond acceptors (Lipinski definition) is 3. The van der Waals surface area contributed by atoms with E-state index >= 15 is 0 Å². The maximum absolute atomic E-state index is 4.80. The van der Waals surface area contributed by atoms with Gasteiger partial charge in [0.25, 0.3) is 0 Å². The highest BCUT2D eigenvalue weighted by Gasteiger charge is 2.32. The third-order valence-electron chi connectivity index (χ3n) is 4.41. The Kier molecular flexibility index (Phi) is 3.67. The molecule has 1 saturated carbocycles. The van der Waals surface area contributed by atoms with Crippen molar-refractivity contribution in [2.45, 2.75) is 25.9 Å². The largest absolute Gasteiger partial charge is 0.310 e. The van der Waals surface area contributed by atoms with Crippen LogP contribution in [-0.4, -0.2) is 20.8 Å². The minimum atomic E-state index is 0.650. The zero-order valence-electron chi connectivity index (χ0n) is 13.2. The summed E-state index contributed by atoms with van der Waals surface area (Å²) in [4.78, 5) is 4.23. The van der Waals surface area contributed by atoms with Crippen molar-refractivity contribution in [3.63, 3.8) is 0 Å². The Labute approximate surface area is 136 Å². The van der Waals surface area contributed by atoms with E-state index in [1.54, 1.807) is 6.20 Å². The van der Waals surface area contributed by atoms with Gasteiger partial charge in [-0.15, -0.1) is 0 Å². The minimum Gasteiger partial charge on any atom is -0.310 e. The zero-order valence-corrected chi connectivity index (χ0v) is 13.2. The molecule has 1 aliphatic rings. The van der Waals surface area contributed by atoms with Crippen LogP contribution in [0.3, 0.4) is 0 Å². The SMILES string of the molecule is CC1CC1NCc1cn(-c2ccccc2)nc1-c1cccnc1. The van der Waals surface area contributed by atoms with Crippen LogP contribution in [0.1, 0.15) is 18.9 Å². The van der Waals surface area contributed by atoms with Crippen molar-refractivity contribution in [3.8, 4) is 16.9 Å². The van der Waals surface area contributed by atoms with Crippen LogP contribution in [0.5, 0.6) is 0 Å². The fourth-order valence-corrected chi connectivity index (χ4v) is 2.85. The summed E-state index contributed by atoms with van der Waals surface area (Å²) >= 11 is 0. The van der Waals surface area contributed by atoms with E-state index in [0.717, 1.165) is 29.4 Å². The van der Waals surface area contributed by atoms with Gasteiger partial charge in [-0.3, -0.25) is 4.98 Å². The summed E-state index contributed by atoms with van der Waals surface area (Å²) < 4.78 is 1.95. The first-order valence-corrected chi connectivity index (χ1v) is 8.09. The molecule has 0 aliphatic heterocycles. The minimum absolute atomic E-state index is 0.650. The van der Waals surface area contributed by atoms with Gasteiger partial charge in [0.1, 0.15) is 0 Å². The quantitative estimate of drug-likeness (QED) is 0.785. The molecule has 1 fully saturated rings. The molecule has 23 heavy (non-hydrogen) atoms. The molecule has 0 bridgehead atoms. The molecule has 3 aromatic rings. The van der Waals surface area contributed by atoms with Gasteiger partial charge in [0, 0.05) is 42.3 Å². The lowest BCUT2D eigenvalue weighted by Gasteiger charge is -2.03. The van der Waals surface area contributed by atoms with Gasteiger partial charge in [-0.2, -0.15) is 5.10 Å². The zero-order chi connectivity index (χ0) is 15.6. The van der Waals surface area contributed by atoms with Crippen LogP contribution in [0.4, 0.5) is 0 Å². The fourth-order valence-electron chi connectivity index (χ4n) is 2.85. The topological polar surface area (TPSA) is 42.7 Å². The Balaban J connectivity index is 1.68. The number of hydrogen-bond donors (Lipinski definition) is 1. The van der Waals surface area contributed by atoms with Gasteiger partial charge in [-0.1, -0.05) is 25.1 Å². The van der Waals surface area contributed by atoms with Crippen LogP contribution in [0.2, 0.25) is 0 Å². The van der Waals surface area contributed by atoms with Crippen molar-refractivity contribution in [3.05, 3.63) is 66.6 Å². The van der Waals surface area contributed by atoms with Crippen LogP contribution < -0.4 is 5.32 Å². The van der Waals surface area contributed by atoms with Crippen LogP contribution in [0, 0.1) is 5.92 Å². The summed E-state index contributed by atoms with van der Waals surface area (Å²) in [5, 5.41) is 8.43. The van der Waals surface area contributed by atoms with E-state index in [-0.39, 0.29) is 0 Å². The normalized spacial score (nSPS) is 19.7. The maximum Gasteiger partial charge on any atom is 0.0988 e. The predicted octanol–water partition coefficient (Wildman–Crippen LogP) is 3.43. The summed E-state index contributed by atoms with van der Waals surface area (Å²) in [6, 6.07) is 14.9. The van der Waals surface area contributed by atoms with Crippen LogP contribution in [0.15, 0.2) is 61.1 Å². The number of nitrogens with zero attached hydrogens (tertiary/aromatic N) is 3. The van der Waals surface area contributed by atoms with E-state index in [1.807, 2.05) is 35.1 Å². The summed E-state index contributed by atoms with van der Waals surface area (Å²) in [7, 11) is 0. The first kappa shape index (κ1) is 14.2. The molecular weight excluding hydrogens is 284 g/mol. The lowest BCUT2D eigenvalue weighted by Crippen LogP contribution is -2.17. The molecule has 1 aromatic carbocycles. The molecule has 2 atom stereocenters. The summed E-state index contributed by atoms with van der Waals surface area (Å²) in [6.45, 7) is 3.12. The summed E-state index contributed by atoms with van der Waals surface area (Å²) in [6.07, 6.45) is 7.06. The van der Waals surface area contributed by atoms with Crippen molar-refractivity contribution in [1.82, 2.24) is 20.1 Å². The average molecular weight is 304 g/mol. The second-order valence-electron chi connectivity index (χ2n) is 6.23. The first-order valence-electron chi connectivity index (χ1n) is 8.09. The Morgan fingerprint density at radius 2 is 2.00 bits per heavy atom. The number of para-hydroxylation sites is 1. The molecule has 0 spiro atoms. The molecule has 1 aliphatic carbocycles. The lowest BCUT2D eigenvalue weighted by molar-refractivity contribution is 0.653. The van der Waals surface area contributed by atoms with E-state index in [0.29, 0.717) is 6.04 Å². The lowest BCUT2D eigenvalue weighted by atomic mass is 10.1.